The van der Waals surface area contributed by atoms with Crippen LogP contribution in [0, 0.1) is 0 Å². The van der Waals surface area contributed by atoms with Crippen LogP contribution in [-0.4, -0.2) is 42.4 Å². The number of aromatic amines is 1. The summed E-state index contributed by atoms with van der Waals surface area (Å²) in [5, 5.41) is 19.9. The molecule has 11 nitrogen and oxygen atoms in total. The standard InChI is InChI=1S/C25H26N8O3/c1-25(2,3)21-8-14(12-36-21)11-26-23(34)19-10-20(28-13-27-19)24(35)29-18-7-5-15-9-16(4-6-17(15)18)22-30-32-33-31-22/h4,6,8-10,12-13,18H,5,7,11H2,1-3H3,(H,26,34)(H,29,35)(H,30,31,32,33)/t18-/m0/s1. The summed E-state index contributed by atoms with van der Waals surface area (Å²) in [7, 11) is 0. The Balaban J connectivity index is 1.22. The van der Waals surface area contributed by atoms with E-state index in [1.807, 2.05) is 24.3 Å². The Morgan fingerprint density at radius 2 is 1.92 bits per heavy atom. The van der Waals surface area contributed by atoms with Gasteiger partial charge in [0.15, 0.2) is 0 Å². The third-order valence-corrected chi connectivity index (χ3v) is 6.11. The third-order valence-electron chi connectivity index (χ3n) is 6.11. The SMILES string of the molecule is CC(C)(C)c1cc(CNC(=O)c2cc(C(=O)N[C@H]3CCc4cc(-c5nn[nH]n5)ccc43)ncn2)co1. The zero-order valence-electron chi connectivity index (χ0n) is 20.2. The highest BCUT2D eigenvalue weighted by molar-refractivity contribution is 5.97. The Labute approximate surface area is 207 Å². The summed E-state index contributed by atoms with van der Waals surface area (Å²) < 4.78 is 5.59. The molecule has 3 N–H and O–H groups in total. The second-order valence-corrected chi connectivity index (χ2v) is 9.75. The molecule has 0 unspecified atom stereocenters. The summed E-state index contributed by atoms with van der Waals surface area (Å²) in [6.07, 6.45) is 4.42. The van der Waals surface area contributed by atoms with Crippen LogP contribution in [0.3, 0.4) is 0 Å². The van der Waals surface area contributed by atoms with E-state index in [1.165, 1.54) is 12.4 Å². The van der Waals surface area contributed by atoms with Gasteiger partial charge in [0.1, 0.15) is 23.5 Å². The van der Waals surface area contributed by atoms with Crippen LogP contribution in [0.4, 0.5) is 0 Å². The van der Waals surface area contributed by atoms with Gasteiger partial charge in [0, 0.05) is 29.2 Å². The van der Waals surface area contributed by atoms with Gasteiger partial charge in [-0.3, -0.25) is 9.59 Å². The number of H-pyrrole nitrogens is 1. The normalized spacial score (nSPS) is 14.9. The van der Waals surface area contributed by atoms with Crippen molar-refractivity contribution < 1.29 is 14.0 Å². The number of nitrogens with zero attached hydrogens (tertiary/aromatic N) is 5. The van der Waals surface area contributed by atoms with Crippen LogP contribution < -0.4 is 10.6 Å². The van der Waals surface area contributed by atoms with Gasteiger partial charge in [0.05, 0.1) is 12.3 Å². The molecule has 0 bridgehead atoms. The number of carbonyl (C=O) groups excluding carboxylic acids is 2. The molecule has 1 atom stereocenters. The van der Waals surface area contributed by atoms with Gasteiger partial charge in [-0.1, -0.05) is 32.9 Å². The van der Waals surface area contributed by atoms with Crippen LogP contribution in [0.1, 0.15) is 76.7 Å². The Hall–Kier alpha value is -4.41. The molecular formula is C25H26N8O3. The number of benzene rings is 1. The van der Waals surface area contributed by atoms with Crippen molar-refractivity contribution in [3.8, 4) is 11.4 Å². The maximum absolute atomic E-state index is 12.9. The predicted octanol–water partition coefficient (Wildman–Crippen LogP) is 2.89. The number of carbonyl (C=O) groups is 2. The van der Waals surface area contributed by atoms with Gasteiger partial charge in [-0.25, -0.2) is 9.97 Å². The first-order chi connectivity index (χ1) is 17.3. The fourth-order valence-corrected chi connectivity index (χ4v) is 4.16. The molecule has 3 aromatic heterocycles. The van der Waals surface area contributed by atoms with E-state index in [-0.39, 0.29) is 35.3 Å². The van der Waals surface area contributed by atoms with Gasteiger partial charge in [0.2, 0.25) is 5.82 Å². The average molecular weight is 487 g/mol. The van der Waals surface area contributed by atoms with E-state index in [0.717, 1.165) is 40.9 Å². The lowest BCUT2D eigenvalue weighted by molar-refractivity contribution is 0.0931. The summed E-state index contributed by atoms with van der Waals surface area (Å²) in [5.41, 5.74) is 4.01. The van der Waals surface area contributed by atoms with Crippen molar-refractivity contribution in [1.82, 2.24) is 41.2 Å². The Bertz CT molecular complexity index is 1400. The number of tetrazole rings is 1. The van der Waals surface area contributed by atoms with E-state index >= 15 is 0 Å². The fraction of sp³-hybridized carbons (Fsp3) is 0.320. The summed E-state index contributed by atoms with van der Waals surface area (Å²) in [6.45, 7) is 6.45. The molecule has 4 aromatic rings. The van der Waals surface area contributed by atoms with Gasteiger partial charge in [-0.2, -0.15) is 5.21 Å². The van der Waals surface area contributed by atoms with Crippen molar-refractivity contribution in [3.63, 3.8) is 0 Å². The maximum Gasteiger partial charge on any atom is 0.270 e. The Morgan fingerprint density at radius 3 is 2.64 bits per heavy atom. The number of rotatable bonds is 6. The first kappa shape index (κ1) is 23.3. The lowest BCUT2D eigenvalue weighted by atomic mass is 9.93. The molecule has 3 heterocycles. The second-order valence-electron chi connectivity index (χ2n) is 9.75. The molecule has 36 heavy (non-hydrogen) atoms. The second kappa shape index (κ2) is 9.33. The number of fused-ring (bicyclic) bond motifs is 1. The van der Waals surface area contributed by atoms with Crippen molar-refractivity contribution in [3.05, 3.63) is 76.8 Å². The lowest BCUT2D eigenvalue weighted by Crippen LogP contribution is -2.29. The molecule has 0 radical (unpaired) electrons. The number of hydrogen-bond donors (Lipinski definition) is 3. The van der Waals surface area contributed by atoms with Crippen LogP contribution in [0.2, 0.25) is 0 Å². The minimum atomic E-state index is -0.398. The first-order valence-corrected chi connectivity index (χ1v) is 11.6. The lowest BCUT2D eigenvalue weighted by Gasteiger charge is -2.14. The maximum atomic E-state index is 12.9. The molecule has 11 heteroatoms. The minimum absolute atomic E-state index is 0.117. The molecule has 2 amide bonds. The zero-order valence-corrected chi connectivity index (χ0v) is 20.2. The summed E-state index contributed by atoms with van der Waals surface area (Å²) in [6, 6.07) is 9.06. The summed E-state index contributed by atoms with van der Waals surface area (Å²) in [4.78, 5) is 33.7. The number of amides is 2. The summed E-state index contributed by atoms with van der Waals surface area (Å²) >= 11 is 0. The molecule has 1 aliphatic rings. The van der Waals surface area contributed by atoms with E-state index in [1.54, 1.807) is 6.26 Å². The van der Waals surface area contributed by atoms with Crippen LogP contribution in [0.25, 0.3) is 11.4 Å². The quantitative estimate of drug-likeness (QED) is 0.376. The first-order valence-electron chi connectivity index (χ1n) is 11.6. The van der Waals surface area contributed by atoms with Gasteiger partial charge < -0.3 is 15.1 Å². The number of hydrogen-bond acceptors (Lipinski definition) is 8. The molecule has 0 aliphatic heterocycles. The molecule has 0 spiro atoms. The molecule has 0 fully saturated rings. The molecule has 184 valence electrons. The Morgan fingerprint density at radius 1 is 1.11 bits per heavy atom. The van der Waals surface area contributed by atoms with Crippen molar-refractivity contribution in [2.45, 2.75) is 51.6 Å². The van der Waals surface area contributed by atoms with Crippen LogP contribution in [-0.2, 0) is 18.4 Å². The predicted molar refractivity (Wildman–Crippen MR) is 129 cm³/mol. The minimum Gasteiger partial charge on any atom is -0.468 e. The summed E-state index contributed by atoms with van der Waals surface area (Å²) in [5.74, 6) is 0.605. The smallest absolute Gasteiger partial charge is 0.270 e. The highest BCUT2D eigenvalue weighted by Crippen LogP contribution is 2.33. The van der Waals surface area contributed by atoms with Crippen molar-refractivity contribution >= 4 is 11.8 Å². The highest BCUT2D eigenvalue weighted by atomic mass is 16.3. The van der Waals surface area contributed by atoms with Crippen molar-refractivity contribution in [2.75, 3.05) is 0 Å². The van der Waals surface area contributed by atoms with E-state index in [0.29, 0.717) is 5.82 Å². The average Bonchev–Trinajstić information content (AvgIpc) is 3.63. The van der Waals surface area contributed by atoms with E-state index in [9.17, 15) is 9.59 Å². The molecule has 0 saturated carbocycles. The number of aromatic nitrogens is 6. The van der Waals surface area contributed by atoms with Crippen LogP contribution >= 0.6 is 0 Å². The topological polar surface area (TPSA) is 152 Å². The fourth-order valence-electron chi connectivity index (χ4n) is 4.16. The third kappa shape index (κ3) is 4.85. The van der Waals surface area contributed by atoms with Gasteiger partial charge in [0.25, 0.3) is 11.8 Å². The number of nitrogens with one attached hydrogen (secondary N) is 3. The zero-order chi connectivity index (χ0) is 25.3. The van der Waals surface area contributed by atoms with Gasteiger partial charge in [-0.15, -0.1) is 10.2 Å². The number of aryl methyl sites for hydroxylation is 1. The van der Waals surface area contributed by atoms with Crippen LogP contribution in [0.5, 0.6) is 0 Å². The van der Waals surface area contributed by atoms with Gasteiger partial charge >= 0.3 is 0 Å². The highest BCUT2D eigenvalue weighted by Gasteiger charge is 2.26. The Kier molecular flexibility index (Phi) is 6.05. The van der Waals surface area contributed by atoms with Crippen molar-refractivity contribution in [1.29, 1.82) is 0 Å². The molecule has 5 rings (SSSR count). The van der Waals surface area contributed by atoms with Gasteiger partial charge in [-0.05, 0) is 41.3 Å². The van der Waals surface area contributed by atoms with Crippen LogP contribution in [0.15, 0.2) is 47.3 Å². The molecule has 0 saturated heterocycles. The van der Waals surface area contributed by atoms with E-state index < -0.39 is 5.91 Å². The molecular weight excluding hydrogens is 460 g/mol. The molecule has 1 aromatic carbocycles. The monoisotopic (exact) mass is 486 g/mol. The largest absolute Gasteiger partial charge is 0.468 e. The van der Waals surface area contributed by atoms with E-state index in [2.05, 4.69) is 62.0 Å². The molecule has 1 aliphatic carbocycles. The van der Waals surface area contributed by atoms with Crippen molar-refractivity contribution in [2.24, 2.45) is 0 Å². The number of furan rings is 1. The van der Waals surface area contributed by atoms with E-state index in [4.69, 9.17) is 4.42 Å².